The fourth-order valence-corrected chi connectivity index (χ4v) is 1.75. The molecule has 2 aromatic rings. The lowest BCUT2D eigenvalue weighted by Gasteiger charge is -2.04. The van der Waals surface area contributed by atoms with Crippen LogP contribution in [0.2, 0.25) is 5.15 Å². The minimum Gasteiger partial charge on any atom is -0.378 e. The topological polar surface area (TPSA) is 47.9 Å². The molecule has 0 fully saturated rings. The number of hydrogen-bond acceptors (Lipinski definition) is 4. The Kier molecular flexibility index (Phi) is 4.04. The highest BCUT2D eigenvalue weighted by Crippen LogP contribution is 2.18. The third kappa shape index (κ3) is 3.21. The Morgan fingerprint density at radius 1 is 1.35 bits per heavy atom. The van der Waals surface area contributed by atoms with E-state index in [0.29, 0.717) is 23.3 Å². The van der Waals surface area contributed by atoms with Gasteiger partial charge < -0.3 is 4.74 Å². The van der Waals surface area contributed by atoms with Crippen molar-refractivity contribution in [1.82, 2.24) is 15.0 Å². The number of methoxy groups -OCH3 is 1. The van der Waals surface area contributed by atoms with Crippen molar-refractivity contribution < 1.29 is 4.74 Å². The monoisotopic (exact) mass is 313 g/mol. The molecule has 0 atom stereocenters. The standard InChI is InChI=1S/C11H9BrClN3O/c1-17-6-8-4-10(13)16-11(15-8)9-3-2-7(12)5-14-9/h2-5H,6H2,1H3. The van der Waals surface area contributed by atoms with Crippen LogP contribution in [0.4, 0.5) is 0 Å². The maximum Gasteiger partial charge on any atom is 0.179 e. The molecule has 88 valence electrons. The first kappa shape index (κ1) is 12.4. The SMILES string of the molecule is COCc1cc(Cl)nc(-c2ccc(Br)cn2)n1. The first-order valence-electron chi connectivity index (χ1n) is 4.83. The van der Waals surface area contributed by atoms with Gasteiger partial charge in [0.2, 0.25) is 0 Å². The summed E-state index contributed by atoms with van der Waals surface area (Å²) in [5.74, 6) is 0.497. The summed E-state index contributed by atoms with van der Waals surface area (Å²) < 4.78 is 5.92. The van der Waals surface area contributed by atoms with Crippen molar-refractivity contribution in [1.29, 1.82) is 0 Å². The van der Waals surface area contributed by atoms with Crippen LogP contribution in [0.25, 0.3) is 11.5 Å². The Morgan fingerprint density at radius 2 is 2.18 bits per heavy atom. The molecule has 0 aliphatic carbocycles. The van der Waals surface area contributed by atoms with E-state index in [1.807, 2.05) is 12.1 Å². The number of pyridine rings is 1. The second-order valence-electron chi connectivity index (χ2n) is 3.30. The smallest absolute Gasteiger partial charge is 0.179 e. The fraction of sp³-hybridized carbons (Fsp3) is 0.182. The molecule has 6 heteroatoms. The third-order valence-electron chi connectivity index (χ3n) is 2.00. The minimum absolute atomic E-state index is 0.381. The molecule has 2 rings (SSSR count). The average molecular weight is 315 g/mol. The van der Waals surface area contributed by atoms with Gasteiger partial charge in [0.15, 0.2) is 5.82 Å². The van der Waals surface area contributed by atoms with Gasteiger partial charge in [-0.3, -0.25) is 4.98 Å². The molecule has 4 nitrogen and oxygen atoms in total. The van der Waals surface area contributed by atoms with Crippen molar-refractivity contribution in [3.05, 3.63) is 39.7 Å². The number of halogens is 2. The van der Waals surface area contributed by atoms with Gasteiger partial charge in [0.1, 0.15) is 10.8 Å². The lowest BCUT2D eigenvalue weighted by atomic mass is 10.3. The zero-order valence-corrected chi connectivity index (χ0v) is 11.4. The lowest BCUT2D eigenvalue weighted by molar-refractivity contribution is 0.181. The van der Waals surface area contributed by atoms with E-state index in [1.165, 1.54) is 0 Å². The highest BCUT2D eigenvalue weighted by atomic mass is 79.9. The number of nitrogens with zero attached hydrogens (tertiary/aromatic N) is 3. The molecule has 2 heterocycles. The quantitative estimate of drug-likeness (QED) is 0.817. The van der Waals surface area contributed by atoms with Gasteiger partial charge in [-0.15, -0.1) is 0 Å². The molecule has 0 radical (unpaired) electrons. The molecule has 0 saturated heterocycles. The van der Waals surface area contributed by atoms with Crippen LogP contribution in [0.3, 0.4) is 0 Å². The van der Waals surface area contributed by atoms with Gasteiger partial charge in [-0.2, -0.15) is 0 Å². The van der Waals surface area contributed by atoms with E-state index < -0.39 is 0 Å². The highest BCUT2D eigenvalue weighted by Gasteiger charge is 2.07. The van der Waals surface area contributed by atoms with Gasteiger partial charge in [0.05, 0.1) is 12.3 Å². The molecule has 17 heavy (non-hydrogen) atoms. The number of ether oxygens (including phenoxy) is 1. The van der Waals surface area contributed by atoms with Crippen LogP contribution in [0.5, 0.6) is 0 Å². The highest BCUT2D eigenvalue weighted by molar-refractivity contribution is 9.10. The second-order valence-corrected chi connectivity index (χ2v) is 4.60. The van der Waals surface area contributed by atoms with Gasteiger partial charge in [-0.25, -0.2) is 9.97 Å². The van der Waals surface area contributed by atoms with Crippen molar-refractivity contribution in [3.8, 4) is 11.5 Å². The largest absolute Gasteiger partial charge is 0.378 e. The Hall–Kier alpha value is -1.04. The summed E-state index contributed by atoms with van der Waals surface area (Å²) >= 11 is 9.25. The van der Waals surface area contributed by atoms with E-state index in [1.54, 1.807) is 19.4 Å². The molecular weight excluding hydrogens is 305 g/mol. The van der Waals surface area contributed by atoms with E-state index in [2.05, 4.69) is 30.9 Å². The third-order valence-corrected chi connectivity index (χ3v) is 2.66. The molecule has 0 spiro atoms. The first-order chi connectivity index (χ1) is 8.19. The normalized spacial score (nSPS) is 10.5. The summed E-state index contributed by atoms with van der Waals surface area (Å²) in [7, 11) is 1.60. The van der Waals surface area contributed by atoms with E-state index in [-0.39, 0.29) is 0 Å². The van der Waals surface area contributed by atoms with Crippen LogP contribution in [-0.4, -0.2) is 22.1 Å². The van der Waals surface area contributed by atoms with E-state index in [4.69, 9.17) is 16.3 Å². The maximum atomic E-state index is 5.92. The molecule has 0 aliphatic heterocycles. The number of aromatic nitrogens is 3. The molecule has 0 saturated carbocycles. The van der Waals surface area contributed by atoms with Gasteiger partial charge in [-0.1, -0.05) is 11.6 Å². The molecule has 0 N–H and O–H groups in total. The van der Waals surface area contributed by atoms with E-state index in [9.17, 15) is 0 Å². The van der Waals surface area contributed by atoms with Crippen LogP contribution in [0, 0.1) is 0 Å². The zero-order chi connectivity index (χ0) is 12.3. The molecule has 0 aliphatic rings. The van der Waals surface area contributed by atoms with Crippen LogP contribution in [-0.2, 0) is 11.3 Å². The number of rotatable bonds is 3. The average Bonchev–Trinajstić information content (AvgIpc) is 2.29. The maximum absolute atomic E-state index is 5.92. The van der Waals surface area contributed by atoms with E-state index >= 15 is 0 Å². The second kappa shape index (κ2) is 5.53. The Morgan fingerprint density at radius 3 is 2.82 bits per heavy atom. The predicted octanol–water partition coefficient (Wildman–Crippen LogP) is 3.10. The van der Waals surface area contributed by atoms with Crippen LogP contribution in [0.15, 0.2) is 28.9 Å². The van der Waals surface area contributed by atoms with Crippen molar-refractivity contribution in [2.45, 2.75) is 6.61 Å². The molecule has 0 aromatic carbocycles. The van der Waals surface area contributed by atoms with Gasteiger partial charge in [0, 0.05) is 17.8 Å². The first-order valence-corrected chi connectivity index (χ1v) is 6.00. The summed E-state index contributed by atoms with van der Waals surface area (Å²) in [6, 6.07) is 5.38. The lowest BCUT2D eigenvalue weighted by Crippen LogP contribution is -1.98. The van der Waals surface area contributed by atoms with Crippen LogP contribution in [0.1, 0.15) is 5.69 Å². The summed E-state index contributed by atoms with van der Waals surface area (Å²) in [5, 5.41) is 0.381. The van der Waals surface area contributed by atoms with Crippen molar-refractivity contribution in [2.24, 2.45) is 0 Å². The molecule has 0 amide bonds. The van der Waals surface area contributed by atoms with Gasteiger partial charge in [-0.05, 0) is 34.1 Å². The van der Waals surface area contributed by atoms with Crippen molar-refractivity contribution >= 4 is 27.5 Å². The van der Waals surface area contributed by atoms with Crippen molar-refractivity contribution in [3.63, 3.8) is 0 Å². The van der Waals surface area contributed by atoms with Crippen LogP contribution >= 0.6 is 27.5 Å². The molecule has 0 bridgehead atoms. The van der Waals surface area contributed by atoms with Gasteiger partial charge in [0.25, 0.3) is 0 Å². The predicted molar refractivity (Wildman–Crippen MR) is 68.7 cm³/mol. The van der Waals surface area contributed by atoms with Crippen LogP contribution < -0.4 is 0 Å². The van der Waals surface area contributed by atoms with Gasteiger partial charge >= 0.3 is 0 Å². The summed E-state index contributed by atoms with van der Waals surface area (Å²) in [6.45, 7) is 0.395. The molecular formula is C11H9BrClN3O. The summed E-state index contributed by atoms with van der Waals surface area (Å²) in [4.78, 5) is 12.7. The minimum atomic E-state index is 0.381. The molecule has 2 aromatic heterocycles. The summed E-state index contributed by atoms with van der Waals surface area (Å²) in [6.07, 6.45) is 1.69. The Balaban J connectivity index is 2.40. The zero-order valence-electron chi connectivity index (χ0n) is 9.02. The van der Waals surface area contributed by atoms with Crippen molar-refractivity contribution in [2.75, 3.05) is 7.11 Å². The Labute approximate surface area is 112 Å². The van der Waals surface area contributed by atoms with E-state index in [0.717, 1.165) is 10.2 Å². The molecule has 0 unspecified atom stereocenters. The summed E-state index contributed by atoms with van der Waals surface area (Å²) in [5.41, 5.74) is 1.40. The number of hydrogen-bond donors (Lipinski definition) is 0. The Bertz CT molecular complexity index is 519. The fourth-order valence-electron chi connectivity index (χ4n) is 1.31.